The zero-order valence-corrected chi connectivity index (χ0v) is 12.3. The molecule has 104 valence electrons. The molecule has 0 spiro atoms. The normalized spacial score (nSPS) is 10.6. The predicted octanol–water partition coefficient (Wildman–Crippen LogP) is 4.83. The van der Waals surface area contributed by atoms with E-state index in [1.54, 1.807) is 6.07 Å². The van der Waals surface area contributed by atoms with Crippen LogP contribution in [0.5, 0.6) is 0 Å². The molecule has 0 aliphatic carbocycles. The zero-order valence-electron chi connectivity index (χ0n) is 11.5. The van der Waals surface area contributed by atoms with Crippen molar-refractivity contribution in [1.82, 2.24) is 0 Å². The molecule has 0 saturated heterocycles. The number of carbonyl (C=O) groups is 1. The Bertz CT molecular complexity index is 649. The van der Waals surface area contributed by atoms with Gasteiger partial charge < -0.3 is 0 Å². The average molecular weight is 291 g/mol. The summed E-state index contributed by atoms with van der Waals surface area (Å²) in [6.45, 7) is 4.04. The number of aryl methyl sites for hydroxylation is 2. The van der Waals surface area contributed by atoms with E-state index in [4.69, 9.17) is 11.6 Å². The Labute approximate surface area is 123 Å². The molecule has 0 aromatic heterocycles. The lowest BCUT2D eigenvalue weighted by atomic mass is 9.94. The van der Waals surface area contributed by atoms with Crippen LogP contribution in [0, 0.1) is 5.82 Å². The standard InChI is InChI=1S/C17H16ClFO/c1-3-11-5-6-12(4-2)14(9-11)17(20)13-7-8-15(18)16(19)10-13/h5-10H,3-4H2,1-2H3. The number of carbonyl (C=O) groups excluding carboxylic acids is 1. The van der Waals surface area contributed by atoms with E-state index >= 15 is 0 Å². The van der Waals surface area contributed by atoms with Crippen molar-refractivity contribution in [2.45, 2.75) is 26.7 Å². The minimum absolute atomic E-state index is 0.0274. The molecule has 0 atom stereocenters. The lowest BCUT2D eigenvalue weighted by Crippen LogP contribution is -2.06. The lowest BCUT2D eigenvalue weighted by molar-refractivity contribution is 0.103. The second kappa shape index (κ2) is 6.19. The summed E-state index contributed by atoms with van der Waals surface area (Å²) < 4.78 is 13.5. The summed E-state index contributed by atoms with van der Waals surface area (Å²) in [5.74, 6) is -0.727. The van der Waals surface area contributed by atoms with E-state index < -0.39 is 5.82 Å². The van der Waals surface area contributed by atoms with Gasteiger partial charge in [-0.15, -0.1) is 0 Å². The van der Waals surface area contributed by atoms with Gasteiger partial charge in [-0.25, -0.2) is 4.39 Å². The molecule has 0 aliphatic rings. The van der Waals surface area contributed by atoms with Crippen molar-refractivity contribution in [2.24, 2.45) is 0 Å². The van der Waals surface area contributed by atoms with Crippen LogP contribution in [0.1, 0.15) is 40.9 Å². The van der Waals surface area contributed by atoms with Gasteiger partial charge in [0.15, 0.2) is 5.78 Å². The summed E-state index contributed by atoms with van der Waals surface area (Å²) in [6, 6.07) is 10.1. The van der Waals surface area contributed by atoms with E-state index in [0.717, 1.165) is 24.0 Å². The molecule has 0 heterocycles. The maximum Gasteiger partial charge on any atom is 0.193 e. The summed E-state index contributed by atoms with van der Waals surface area (Å²) in [4.78, 5) is 12.5. The molecule has 3 heteroatoms. The van der Waals surface area contributed by atoms with Crippen molar-refractivity contribution in [3.05, 3.63) is 69.5 Å². The molecule has 0 radical (unpaired) electrons. The number of rotatable bonds is 4. The number of ketones is 1. The monoisotopic (exact) mass is 290 g/mol. The van der Waals surface area contributed by atoms with Gasteiger partial charge in [-0.2, -0.15) is 0 Å². The van der Waals surface area contributed by atoms with Crippen LogP contribution in [0.25, 0.3) is 0 Å². The van der Waals surface area contributed by atoms with E-state index in [1.807, 2.05) is 32.0 Å². The first-order chi connectivity index (χ1) is 9.56. The molecule has 0 unspecified atom stereocenters. The highest BCUT2D eigenvalue weighted by Gasteiger charge is 2.15. The Morgan fingerprint density at radius 2 is 1.85 bits per heavy atom. The van der Waals surface area contributed by atoms with Gasteiger partial charge in [0.25, 0.3) is 0 Å². The highest BCUT2D eigenvalue weighted by molar-refractivity contribution is 6.30. The van der Waals surface area contributed by atoms with Crippen LogP contribution in [0.15, 0.2) is 36.4 Å². The van der Waals surface area contributed by atoms with Crippen LogP contribution in [0.3, 0.4) is 0 Å². The molecule has 0 fully saturated rings. The Hall–Kier alpha value is -1.67. The molecule has 2 aromatic rings. The highest BCUT2D eigenvalue weighted by Crippen LogP contribution is 2.21. The van der Waals surface area contributed by atoms with E-state index in [-0.39, 0.29) is 10.8 Å². The van der Waals surface area contributed by atoms with Gasteiger partial charge in [0, 0.05) is 11.1 Å². The third-order valence-corrected chi connectivity index (χ3v) is 3.70. The fourth-order valence-corrected chi connectivity index (χ4v) is 2.27. The molecule has 0 amide bonds. The topological polar surface area (TPSA) is 17.1 Å². The third-order valence-electron chi connectivity index (χ3n) is 3.39. The Morgan fingerprint density at radius 3 is 2.45 bits per heavy atom. The summed E-state index contributed by atoms with van der Waals surface area (Å²) in [7, 11) is 0. The van der Waals surface area contributed by atoms with E-state index in [9.17, 15) is 9.18 Å². The summed E-state index contributed by atoms with van der Waals surface area (Å²) >= 11 is 5.65. The number of benzene rings is 2. The molecular weight excluding hydrogens is 275 g/mol. The lowest BCUT2D eigenvalue weighted by Gasteiger charge is -2.09. The van der Waals surface area contributed by atoms with Crippen LogP contribution in [-0.4, -0.2) is 5.78 Å². The van der Waals surface area contributed by atoms with Gasteiger partial charge in [-0.3, -0.25) is 4.79 Å². The second-order valence-electron chi connectivity index (χ2n) is 4.66. The van der Waals surface area contributed by atoms with Gasteiger partial charge >= 0.3 is 0 Å². The van der Waals surface area contributed by atoms with E-state index in [0.29, 0.717) is 11.1 Å². The molecule has 1 nitrogen and oxygen atoms in total. The largest absolute Gasteiger partial charge is 0.289 e. The summed E-state index contributed by atoms with van der Waals surface area (Å²) in [5.41, 5.74) is 3.05. The quantitative estimate of drug-likeness (QED) is 0.737. The van der Waals surface area contributed by atoms with Gasteiger partial charge in [0.2, 0.25) is 0 Å². The fourth-order valence-electron chi connectivity index (χ4n) is 2.16. The van der Waals surface area contributed by atoms with Crippen LogP contribution in [0.2, 0.25) is 5.02 Å². The first kappa shape index (κ1) is 14.7. The van der Waals surface area contributed by atoms with Crippen LogP contribution in [0.4, 0.5) is 4.39 Å². The first-order valence-electron chi connectivity index (χ1n) is 6.68. The van der Waals surface area contributed by atoms with Crippen molar-refractivity contribution in [2.75, 3.05) is 0 Å². The maximum atomic E-state index is 13.5. The van der Waals surface area contributed by atoms with Crippen LogP contribution < -0.4 is 0 Å². The Morgan fingerprint density at radius 1 is 1.10 bits per heavy atom. The average Bonchev–Trinajstić information content (AvgIpc) is 2.48. The second-order valence-corrected chi connectivity index (χ2v) is 5.06. The van der Waals surface area contributed by atoms with E-state index in [2.05, 4.69) is 0 Å². The SMILES string of the molecule is CCc1ccc(CC)c(C(=O)c2ccc(Cl)c(F)c2)c1. The number of hydrogen-bond acceptors (Lipinski definition) is 1. The molecule has 0 N–H and O–H groups in total. The smallest absolute Gasteiger partial charge is 0.193 e. The molecule has 20 heavy (non-hydrogen) atoms. The van der Waals surface area contributed by atoms with Crippen molar-refractivity contribution >= 4 is 17.4 Å². The first-order valence-corrected chi connectivity index (χ1v) is 7.06. The minimum atomic E-state index is -0.567. The molecule has 2 aromatic carbocycles. The zero-order chi connectivity index (χ0) is 14.7. The number of hydrogen-bond donors (Lipinski definition) is 0. The molecule has 0 saturated carbocycles. The van der Waals surface area contributed by atoms with Crippen molar-refractivity contribution in [3.8, 4) is 0 Å². The third kappa shape index (κ3) is 2.91. The van der Waals surface area contributed by atoms with Crippen molar-refractivity contribution < 1.29 is 9.18 Å². The minimum Gasteiger partial charge on any atom is -0.289 e. The number of halogens is 2. The Kier molecular flexibility index (Phi) is 4.56. The summed E-state index contributed by atoms with van der Waals surface area (Å²) in [6.07, 6.45) is 1.63. The van der Waals surface area contributed by atoms with Gasteiger partial charge in [-0.05, 0) is 48.2 Å². The fraction of sp³-hybridized carbons (Fsp3) is 0.235. The predicted molar refractivity (Wildman–Crippen MR) is 80.0 cm³/mol. The Balaban J connectivity index is 2.48. The molecule has 0 bridgehead atoms. The highest BCUT2D eigenvalue weighted by atomic mass is 35.5. The molecular formula is C17H16ClFO. The van der Waals surface area contributed by atoms with E-state index in [1.165, 1.54) is 12.1 Å². The van der Waals surface area contributed by atoms with Gasteiger partial charge in [0.1, 0.15) is 5.82 Å². The molecule has 0 aliphatic heterocycles. The van der Waals surface area contributed by atoms with Gasteiger partial charge in [-0.1, -0.05) is 37.6 Å². The summed E-state index contributed by atoms with van der Waals surface area (Å²) in [5, 5.41) is 0.0274. The van der Waals surface area contributed by atoms with Crippen molar-refractivity contribution in [1.29, 1.82) is 0 Å². The van der Waals surface area contributed by atoms with Crippen molar-refractivity contribution in [3.63, 3.8) is 0 Å². The van der Waals surface area contributed by atoms with Crippen LogP contribution in [-0.2, 0) is 12.8 Å². The van der Waals surface area contributed by atoms with Crippen LogP contribution >= 0.6 is 11.6 Å². The maximum absolute atomic E-state index is 13.5. The molecule has 2 rings (SSSR count). The van der Waals surface area contributed by atoms with Gasteiger partial charge in [0.05, 0.1) is 5.02 Å².